The molecule has 0 aromatic carbocycles. The molecule has 0 unspecified atom stereocenters. The van der Waals surface area contributed by atoms with Gasteiger partial charge in [0.05, 0.1) is 4.90 Å². The van der Waals surface area contributed by atoms with Crippen LogP contribution >= 0.6 is 0 Å². The number of aromatic nitrogens is 1. The van der Waals surface area contributed by atoms with Gasteiger partial charge in [-0.25, -0.2) is 13.1 Å². The van der Waals surface area contributed by atoms with Crippen molar-refractivity contribution in [2.24, 2.45) is 13.0 Å². The predicted octanol–water partition coefficient (Wildman–Crippen LogP) is 1.60. The zero-order valence-electron chi connectivity index (χ0n) is 12.4. The van der Waals surface area contributed by atoms with Crippen molar-refractivity contribution in [2.45, 2.75) is 44.0 Å². The van der Waals surface area contributed by atoms with Gasteiger partial charge in [0.2, 0.25) is 10.0 Å². The van der Waals surface area contributed by atoms with Crippen LogP contribution in [0.15, 0.2) is 17.2 Å². The first-order chi connectivity index (χ1) is 9.53. The van der Waals surface area contributed by atoms with Crippen molar-refractivity contribution in [3.8, 4) is 0 Å². The molecule has 1 heterocycles. The van der Waals surface area contributed by atoms with Gasteiger partial charge in [-0.2, -0.15) is 0 Å². The van der Waals surface area contributed by atoms with Gasteiger partial charge in [-0.1, -0.05) is 13.3 Å². The Kier molecular flexibility index (Phi) is 5.23. The fourth-order valence-electron chi connectivity index (χ4n) is 2.30. The molecule has 1 fully saturated rings. The zero-order valence-corrected chi connectivity index (χ0v) is 13.2. The lowest BCUT2D eigenvalue weighted by atomic mass is 9.86. The maximum atomic E-state index is 12.2. The molecule has 1 aromatic heterocycles. The minimum absolute atomic E-state index is 0.368. The van der Waals surface area contributed by atoms with Gasteiger partial charge in [-0.3, -0.25) is 0 Å². The SMILES string of the molecule is CCCNCc1cc(S(=O)(=O)NCC2CCC2)cn1C. The molecule has 2 N–H and O–H groups in total. The largest absolute Gasteiger partial charge is 0.352 e. The summed E-state index contributed by atoms with van der Waals surface area (Å²) in [5, 5.41) is 3.29. The van der Waals surface area contributed by atoms with Crippen molar-refractivity contribution in [3.63, 3.8) is 0 Å². The van der Waals surface area contributed by atoms with Gasteiger partial charge in [-0.05, 0) is 37.8 Å². The number of nitrogens with zero attached hydrogens (tertiary/aromatic N) is 1. The Morgan fingerprint density at radius 1 is 1.40 bits per heavy atom. The Morgan fingerprint density at radius 3 is 2.75 bits per heavy atom. The molecule has 5 nitrogen and oxygen atoms in total. The lowest BCUT2D eigenvalue weighted by molar-refractivity contribution is 0.316. The number of hydrogen-bond donors (Lipinski definition) is 2. The highest BCUT2D eigenvalue weighted by atomic mass is 32.2. The third kappa shape index (κ3) is 3.84. The zero-order chi connectivity index (χ0) is 14.6. The second-order valence-electron chi connectivity index (χ2n) is 5.60. The summed E-state index contributed by atoms with van der Waals surface area (Å²) in [6.07, 6.45) is 6.27. The molecule has 114 valence electrons. The second-order valence-corrected chi connectivity index (χ2v) is 7.37. The van der Waals surface area contributed by atoms with Crippen molar-refractivity contribution >= 4 is 10.0 Å². The Labute approximate surface area is 121 Å². The molecule has 1 aliphatic carbocycles. The summed E-state index contributed by atoms with van der Waals surface area (Å²) in [5.41, 5.74) is 0.988. The van der Waals surface area contributed by atoms with E-state index in [4.69, 9.17) is 0 Å². The van der Waals surface area contributed by atoms with Gasteiger partial charge < -0.3 is 9.88 Å². The molecule has 20 heavy (non-hydrogen) atoms. The summed E-state index contributed by atoms with van der Waals surface area (Å²) in [6, 6.07) is 1.76. The van der Waals surface area contributed by atoms with Crippen LogP contribution in [0.3, 0.4) is 0 Å². The fourth-order valence-corrected chi connectivity index (χ4v) is 3.51. The van der Waals surface area contributed by atoms with E-state index in [1.54, 1.807) is 12.3 Å². The van der Waals surface area contributed by atoms with Crippen LogP contribution < -0.4 is 10.0 Å². The molecule has 0 spiro atoms. The van der Waals surface area contributed by atoms with E-state index in [9.17, 15) is 8.42 Å². The first-order valence-electron chi connectivity index (χ1n) is 7.38. The van der Waals surface area contributed by atoms with E-state index >= 15 is 0 Å². The Balaban J connectivity index is 1.97. The third-order valence-electron chi connectivity index (χ3n) is 3.91. The van der Waals surface area contributed by atoms with Crippen molar-refractivity contribution in [1.82, 2.24) is 14.6 Å². The summed E-state index contributed by atoms with van der Waals surface area (Å²) < 4.78 is 29.1. The topological polar surface area (TPSA) is 63.1 Å². The van der Waals surface area contributed by atoms with Crippen molar-refractivity contribution in [2.75, 3.05) is 13.1 Å². The van der Waals surface area contributed by atoms with Crippen LogP contribution in [0.25, 0.3) is 0 Å². The highest BCUT2D eigenvalue weighted by Gasteiger charge is 2.22. The Bertz CT molecular complexity index is 533. The predicted molar refractivity (Wildman–Crippen MR) is 79.9 cm³/mol. The molecule has 0 atom stereocenters. The third-order valence-corrected chi connectivity index (χ3v) is 5.30. The standard InChI is InChI=1S/C14H25N3O2S/c1-3-7-15-10-13-8-14(11-17(13)2)20(18,19)16-9-12-5-4-6-12/h8,11-12,15-16H,3-7,9-10H2,1-2H3. The van der Waals surface area contributed by atoms with Gasteiger partial charge in [0.1, 0.15) is 0 Å². The van der Waals surface area contributed by atoms with Gasteiger partial charge in [0.25, 0.3) is 0 Å². The number of aryl methyl sites for hydroxylation is 1. The number of sulfonamides is 1. The molecular weight excluding hydrogens is 274 g/mol. The van der Waals surface area contributed by atoms with E-state index in [1.807, 2.05) is 11.6 Å². The van der Waals surface area contributed by atoms with Gasteiger partial charge in [-0.15, -0.1) is 0 Å². The second kappa shape index (κ2) is 6.74. The molecule has 0 radical (unpaired) electrons. The smallest absolute Gasteiger partial charge is 0.242 e. The fraction of sp³-hybridized carbons (Fsp3) is 0.714. The van der Waals surface area contributed by atoms with E-state index in [0.717, 1.165) is 31.5 Å². The Morgan fingerprint density at radius 2 is 2.15 bits per heavy atom. The molecule has 0 bridgehead atoms. The summed E-state index contributed by atoms with van der Waals surface area (Å²) in [7, 11) is -1.48. The normalized spacial score (nSPS) is 16.3. The van der Waals surface area contributed by atoms with Crippen LogP contribution in [-0.2, 0) is 23.6 Å². The lowest BCUT2D eigenvalue weighted by Gasteiger charge is -2.25. The Hall–Kier alpha value is -0.850. The quantitative estimate of drug-likeness (QED) is 0.717. The molecule has 1 aromatic rings. The summed E-state index contributed by atoms with van der Waals surface area (Å²) in [4.78, 5) is 0.368. The average molecular weight is 299 g/mol. The van der Waals surface area contributed by atoms with Crippen LogP contribution in [0.2, 0.25) is 0 Å². The highest BCUT2D eigenvalue weighted by molar-refractivity contribution is 7.89. The van der Waals surface area contributed by atoms with Gasteiger partial charge >= 0.3 is 0 Å². The molecule has 1 aliphatic rings. The summed E-state index contributed by atoms with van der Waals surface area (Å²) >= 11 is 0. The minimum atomic E-state index is -3.36. The van der Waals surface area contributed by atoms with Gasteiger partial charge in [0.15, 0.2) is 0 Å². The van der Waals surface area contributed by atoms with Gasteiger partial charge in [0, 0.05) is 32.0 Å². The van der Waals surface area contributed by atoms with E-state index < -0.39 is 10.0 Å². The van der Waals surface area contributed by atoms with Crippen LogP contribution in [0.1, 0.15) is 38.3 Å². The molecule has 0 saturated heterocycles. The van der Waals surface area contributed by atoms with Crippen LogP contribution in [-0.4, -0.2) is 26.1 Å². The van der Waals surface area contributed by atoms with E-state index in [0.29, 0.717) is 23.9 Å². The summed E-state index contributed by atoms with van der Waals surface area (Å²) in [6.45, 7) is 4.31. The number of rotatable bonds is 8. The number of nitrogens with one attached hydrogen (secondary N) is 2. The van der Waals surface area contributed by atoms with Crippen LogP contribution in [0.5, 0.6) is 0 Å². The van der Waals surface area contributed by atoms with Crippen molar-refractivity contribution in [3.05, 3.63) is 18.0 Å². The van der Waals surface area contributed by atoms with Crippen LogP contribution in [0.4, 0.5) is 0 Å². The van der Waals surface area contributed by atoms with Crippen molar-refractivity contribution < 1.29 is 8.42 Å². The van der Waals surface area contributed by atoms with E-state index in [-0.39, 0.29) is 0 Å². The molecule has 0 aliphatic heterocycles. The average Bonchev–Trinajstić information content (AvgIpc) is 2.70. The summed E-state index contributed by atoms with van der Waals surface area (Å²) in [5.74, 6) is 0.527. The maximum Gasteiger partial charge on any atom is 0.242 e. The highest BCUT2D eigenvalue weighted by Crippen LogP contribution is 2.25. The molecular formula is C14H25N3O2S. The number of hydrogen-bond acceptors (Lipinski definition) is 3. The molecule has 0 amide bonds. The first-order valence-corrected chi connectivity index (χ1v) is 8.87. The van der Waals surface area contributed by atoms with E-state index in [1.165, 1.54) is 6.42 Å². The van der Waals surface area contributed by atoms with Crippen molar-refractivity contribution in [1.29, 1.82) is 0 Å². The molecule has 6 heteroatoms. The minimum Gasteiger partial charge on any atom is -0.352 e. The maximum absolute atomic E-state index is 12.2. The van der Waals surface area contributed by atoms with Crippen LogP contribution in [0, 0.1) is 5.92 Å². The van der Waals surface area contributed by atoms with E-state index in [2.05, 4.69) is 17.0 Å². The lowest BCUT2D eigenvalue weighted by Crippen LogP contribution is -2.32. The first kappa shape index (κ1) is 15.5. The molecule has 2 rings (SSSR count). The molecule has 1 saturated carbocycles. The monoisotopic (exact) mass is 299 g/mol.